The molecule has 2 aromatic rings. The van der Waals surface area contributed by atoms with E-state index in [-0.39, 0.29) is 0 Å². The second-order valence-corrected chi connectivity index (χ2v) is 4.99. The van der Waals surface area contributed by atoms with E-state index in [1.54, 1.807) is 0 Å². The molecule has 0 unspecified atom stereocenters. The number of nitrogens with one attached hydrogen (secondary N) is 2. The molecule has 0 radical (unpaired) electrons. The van der Waals surface area contributed by atoms with Crippen molar-refractivity contribution in [2.45, 2.75) is 25.4 Å². The van der Waals surface area contributed by atoms with Gasteiger partial charge in [-0.3, -0.25) is 0 Å². The lowest BCUT2D eigenvalue weighted by Gasteiger charge is -2.01. The summed E-state index contributed by atoms with van der Waals surface area (Å²) in [5.74, 6) is 0. The first-order valence-electron chi connectivity index (χ1n) is 5.32. The highest BCUT2D eigenvalue weighted by molar-refractivity contribution is 9.10. The number of benzene rings is 1. The van der Waals surface area contributed by atoms with Crippen molar-refractivity contribution in [3.8, 4) is 0 Å². The van der Waals surface area contributed by atoms with E-state index in [0.717, 1.165) is 17.1 Å². The van der Waals surface area contributed by atoms with Gasteiger partial charge in [-0.1, -0.05) is 12.1 Å². The molecule has 1 aromatic heterocycles. The third-order valence-electron chi connectivity index (χ3n) is 2.91. The molecule has 1 fully saturated rings. The summed E-state index contributed by atoms with van der Waals surface area (Å²) < 4.78 is 1.14. The molecule has 1 aliphatic rings. The van der Waals surface area contributed by atoms with E-state index < -0.39 is 0 Å². The monoisotopic (exact) mass is 264 g/mol. The minimum absolute atomic E-state index is 0.766. The van der Waals surface area contributed by atoms with Gasteiger partial charge in [0.2, 0.25) is 0 Å². The average molecular weight is 265 g/mol. The Morgan fingerprint density at radius 1 is 1.40 bits per heavy atom. The predicted octanol–water partition coefficient (Wildman–Crippen LogP) is 3.18. The van der Waals surface area contributed by atoms with Crippen molar-refractivity contribution in [2.75, 3.05) is 0 Å². The van der Waals surface area contributed by atoms with Gasteiger partial charge in [-0.25, -0.2) is 0 Å². The summed E-state index contributed by atoms with van der Waals surface area (Å²) in [5, 5.41) is 4.85. The summed E-state index contributed by atoms with van der Waals surface area (Å²) in [7, 11) is 0. The summed E-state index contributed by atoms with van der Waals surface area (Å²) in [4.78, 5) is 3.31. The van der Waals surface area contributed by atoms with Crippen molar-refractivity contribution in [2.24, 2.45) is 0 Å². The molecule has 0 aliphatic heterocycles. The van der Waals surface area contributed by atoms with Gasteiger partial charge in [-0.15, -0.1) is 0 Å². The zero-order chi connectivity index (χ0) is 10.3. The van der Waals surface area contributed by atoms with Crippen LogP contribution in [0.2, 0.25) is 0 Å². The van der Waals surface area contributed by atoms with E-state index in [0.29, 0.717) is 0 Å². The minimum atomic E-state index is 0.766. The lowest BCUT2D eigenvalue weighted by atomic mass is 10.2. The smallest absolute Gasteiger partial charge is 0.0601 e. The standard InChI is InChI=1S/C12H13BrN2/c13-11-3-1-2-10-8(7-15-12(10)11)6-14-9-4-5-9/h1-3,7,9,14-15H,4-6H2. The Morgan fingerprint density at radius 3 is 3.07 bits per heavy atom. The zero-order valence-corrected chi connectivity index (χ0v) is 9.97. The van der Waals surface area contributed by atoms with Gasteiger partial charge in [0.25, 0.3) is 0 Å². The van der Waals surface area contributed by atoms with Crippen LogP contribution in [0.5, 0.6) is 0 Å². The Labute approximate surface area is 97.2 Å². The SMILES string of the molecule is Brc1cccc2c(CNC3CC3)c[nH]c12. The van der Waals surface area contributed by atoms with Crippen LogP contribution in [0.15, 0.2) is 28.9 Å². The molecule has 2 nitrogen and oxygen atoms in total. The molecule has 3 rings (SSSR count). The Hall–Kier alpha value is -0.800. The molecule has 1 aliphatic carbocycles. The first kappa shape index (κ1) is 9.43. The lowest BCUT2D eigenvalue weighted by Crippen LogP contribution is -2.14. The highest BCUT2D eigenvalue weighted by atomic mass is 79.9. The molecule has 0 amide bonds. The molecule has 2 N–H and O–H groups in total. The number of aromatic nitrogens is 1. The molecule has 0 spiro atoms. The highest BCUT2D eigenvalue weighted by Gasteiger charge is 2.20. The average Bonchev–Trinajstić information content (AvgIpc) is 2.97. The van der Waals surface area contributed by atoms with Crippen LogP contribution < -0.4 is 5.32 Å². The number of fused-ring (bicyclic) bond motifs is 1. The Morgan fingerprint density at radius 2 is 2.27 bits per heavy atom. The Kier molecular flexibility index (Phi) is 2.29. The van der Waals surface area contributed by atoms with Gasteiger partial charge in [0.1, 0.15) is 0 Å². The highest BCUT2D eigenvalue weighted by Crippen LogP contribution is 2.26. The summed E-state index contributed by atoms with van der Waals surface area (Å²) in [6, 6.07) is 7.08. The van der Waals surface area contributed by atoms with Crippen LogP contribution in [0.4, 0.5) is 0 Å². The minimum Gasteiger partial charge on any atom is -0.360 e. The van der Waals surface area contributed by atoms with E-state index >= 15 is 0 Å². The van der Waals surface area contributed by atoms with Gasteiger partial charge in [0.15, 0.2) is 0 Å². The van der Waals surface area contributed by atoms with Crippen molar-refractivity contribution >= 4 is 26.8 Å². The van der Waals surface area contributed by atoms with Crippen LogP contribution in [-0.2, 0) is 6.54 Å². The summed E-state index contributed by atoms with van der Waals surface area (Å²) in [6.07, 6.45) is 4.78. The third kappa shape index (κ3) is 1.82. The number of para-hydroxylation sites is 1. The number of hydrogen-bond donors (Lipinski definition) is 2. The lowest BCUT2D eigenvalue weighted by molar-refractivity contribution is 0.691. The van der Waals surface area contributed by atoms with Crippen LogP contribution in [0.3, 0.4) is 0 Å². The van der Waals surface area contributed by atoms with E-state index in [1.165, 1.54) is 29.3 Å². The van der Waals surface area contributed by atoms with Crippen LogP contribution >= 0.6 is 15.9 Å². The van der Waals surface area contributed by atoms with Crippen LogP contribution in [0.25, 0.3) is 10.9 Å². The van der Waals surface area contributed by atoms with Crippen molar-refractivity contribution in [1.82, 2.24) is 10.3 Å². The maximum Gasteiger partial charge on any atom is 0.0601 e. The summed E-state index contributed by atoms with van der Waals surface area (Å²) in [5.41, 5.74) is 2.56. The fourth-order valence-electron chi connectivity index (χ4n) is 1.86. The zero-order valence-electron chi connectivity index (χ0n) is 8.39. The molecule has 1 heterocycles. The van der Waals surface area contributed by atoms with E-state index in [4.69, 9.17) is 0 Å². The van der Waals surface area contributed by atoms with E-state index in [9.17, 15) is 0 Å². The predicted molar refractivity (Wildman–Crippen MR) is 65.9 cm³/mol. The quantitative estimate of drug-likeness (QED) is 0.876. The number of H-pyrrole nitrogens is 1. The Balaban J connectivity index is 1.92. The molecule has 1 saturated carbocycles. The Bertz CT molecular complexity index is 485. The fourth-order valence-corrected chi connectivity index (χ4v) is 2.34. The number of aromatic amines is 1. The van der Waals surface area contributed by atoms with E-state index in [1.807, 2.05) is 0 Å². The maximum atomic E-state index is 3.55. The fraction of sp³-hybridized carbons (Fsp3) is 0.333. The van der Waals surface area contributed by atoms with Crippen molar-refractivity contribution < 1.29 is 0 Å². The van der Waals surface area contributed by atoms with Gasteiger partial charge < -0.3 is 10.3 Å². The van der Waals surface area contributed by atoms with Crippen molar-refractivity contribution in [3.05, 3.63) is 34.4 Å². The number of halogens is 1. The molecule has 1 aromatic carbocycles. The summed E-state index contributed by atoms with van der Waals surface area (Å²) >= 11 is 3.55. The molecule has 3 heteroatoms. The van der Waals surface area contributed by atoms with Crippen molar-refractivity contribution in [1.29, 1.82) is 0 Å². The molecule has 0 saturated heterocycles. The van der Waals surface area contributed by atoms with Crippen LogP contribution in [-0.4, -0.2) is 11.0 Å². The number of rotatable bonds is 3. The van der Waals surface area contributed by atoms with Gasteiger partial charge in [0, 0.05) is 28.6 Å². The topological polar surface area (TPSA) is 27.8 Å². The maximum absolute atomic E-state index is 3.55. The number of hydrogen-bond acceptors (Lipinski definition) is 1. The molecule has 0 bridgehead atoms. The third-order valence-corrected chi connectivity index (χ3v) is 3.57. The normalized spacial score (nSPS) is 16.1. The van der Waals surface area contributed by atoms with Crippen LogP contribution in [0, 0.1) is 0 Å². The second kappa shape index (κ2) is 3.65. The first-order valence-corrected chi connectivity index (χ1v) is 6.12. The van der Waals surface area contributed by atoms with Gasteiger partial charge >= 0.3 is 0 Å². The molecular formula is C12H13BrN2. The molecule has 15 heavy (non-hydrogen) atoms. The van der Waals surface area contributed by atoms with Crippen molar-refractivity contribution in [3.63, 3.8) is 0 Å². The summed E-state index contributed by atoms with van der Waals surface area (Å²) in [6.45, 7) is 0.973. The largest absolute Gasteiger partial charge is 0.360 e. The molecular weight excluding hydrogens is 252 g/mol. The van der Waals surface area contributed by atoms with Crippen LogP contribution in [0.1, 0.15) is 18.4 Å². The van der Waals surface area contributed by atoms with Gasteiger partial charge in [-0.2, -0.15) is 0 Å². The first-order chi connectivity index (χ1) is 7.34. The van der Waals surface area contributed by atoms with E-state index in [2.05, 4.69) is 50.6 Å². The molecule has 78 valence electrons. The molecule has 0 atom stereocenters. The second-order valence-electron chi connectivity index (χ2n) is 4.13. The van der Waals surface area contributed by atoms with Gasteiger partial charge in [-0.05, 0) is 40.4 Å². The van der Waals surface area contributed by atoms with Gasteiger partial charge in [0.05, 0.1) is 5.52 Å².